The van der Waals surface area contributed by atoms with E-state index in [1.54, 1.807) is 0 Å². The van der Waals surface area contributed by atoms with Crippen LogP contribution in [0.15, 0.2) is 24.3 Å². The van der Waals surface area contributed by atoms with Gasteiger partial charge in [0.05, 0.1) is 0 Å². The van der Waals surface area contributed by atoms with Gasteiger partial charge in [0.2, 0.25) is 0 Å². The largest absolute Gasteiger partial charge is 0.484 e. The van der Waals surface area contributed by atoms with Crippen LogP contribution in [0, 0.1) is 0 Å². The lowest BCUT2D eigenvalue weighted by Crippen LogP contribution is -2.29. The summed E-state index contributed by atoms with van der Waals surface area (Å²) >= 11 is 4.88. The van der Waals surface area contributed by atoms with Crippen LogP contribution in [0.5, 0.6) is 5.75 Å². The van der Waals surface area contributed by atoms with Crippen molar-refractivity contribution in [2.24, 2.45) is 5.73 Å². The molecule has 0 radical (unpaired) electrons. The van der Waals surface area contributed by atoms with Crippen molar-refractivity contribution in [3.05, 3.63) is 29.8 Å². The van der Waals surface area contributed by atoms with Gasteiger partial charge in [-0.3, -0.25) is 0 Å². The van der Waals surface area contributed by atoms with Gasteiger partial charge in [0, 0.05) is 0 Å². The Labute approximate surface area is 103 Å². The number of benzene rings is 1. The lowest BCUT2D eigenvalue weighted by molar-refractivity contribution is 0.287. The zero-order valence-electron chi connectivity index (χ0n) is 10.3. The zero-order chi connectivity index (χ0) is 12.3. The monoisotopic (exact) mass is 237 g/mol. The van der Waals surface area contributed by atoms with E-state index in [0.29, 0.717) is 4.99 Å². The van der Waals surface area contributed by atoms with Crippen molar-refractivity contribution in [3.63, 3.8) is 0 Å². The van der Waals surface area contributed by atoms with Crippen LogP contribution in [0.2, 0.25) is 0 Å². The normalized spacial score (nSPS) is 13.2. The summed E-state index contributed by atoms with van der Waals surface area (Å²) in [5.41, 5.74) is 6.87. The maximum Gasteiger partial charge on any atom is 0.145 e. The standard InChI is InChI=1S/C13H19NOS/c1-9(12(14)16)15-11-7-5-6-10(8-11)13(2,3)4/h5-9H,1-4H3,(H2,14,16). The molecule has 0 aliphatic rings. The highest BCUT2D eigenvalue weighted by atomic mass is 32.1. The van der Waals surface area contributed by atoms with Gasteiger partial charge in [-0.2, -0.15) is 0 Å². The highest BCUT2D eigenvalue weighted by Crippen LogP contribution is 2.25. The van der Waals surface area contributed by atoms with E-state index >= 15 is 0 Å². The van der Waals surface area contributed by atoms with E-state index in [-0.39, 0.29) is 11.5 Å². The highest BCUT2D eigenvalue weighted by molar-refractivity contribution is 7.80. The van der Waals surface area contributed by atoms with Crippen LogP contribution in [0.25, 0.3) is 0 Å². The molecule has 3 heteroatoms. The average molecular weight is 237 g/mol. The van der Waals surface area contributed by atoms with Gasteiger partial charge in [0.15, 0.2) is 0 Å². The molecule has 1 aromatic carbocycles. The van der Waals surface area contributed by atoms with E-state index in [1.165, 1.54) is 5.56 Å². The molecule has 0 heterocycles. The van der Waals surface area contributed by atoms with Crippen LogP contribution in [0.1, 0.15) is 33.3 Å². The van der Waals surface area contributed by atoms with Gasteiger partial charge in [0.1, 0.15) is 16.8 Å². The Morgan fingerprint density at radius 3 is 2.50 bits per heavy atom. The highest BCUT2D eigenvalue weighted by Gasteiger charge is 2.14. The minimum Gasteiger partial charge on any atom is -0.484 e. The van der Waals surface area contributed by atoms with E-state index in [9.17, 15) is 0 Å². The Hall–Kier alpha value is -1.09. The van der Waals surface area contributed by atoms with Crippen LogP contribution >= 0.6 is 12.2 Å². The average Bonchev–Trinajstić information content (AvgIpc) is 2.16. The van der Waals surface area contributed by atoms with E-state index in [0.717, 1.165) is 5.75 Å². The molecule has 2 nitrogen and oxygen atoms in total. The second-order valence-electron chi connectivity index (χ2n) is 4.94. The Kier molecular flexibility index (Phi) is 3.92. The molecule has 0 aliphatic carbocycles. The van der Waals surface area contributed by atoms with Gasteiger partial charge in [0.25, 0.3) is 0 Å². The summed E-state index contributed by atoms with van der Waals surface area (Å²) in [6, 6.07) is 8.04. The molecule has 0 saturated heterocycles. The minimum absolute atomic E-state index is 0.117. The molecule has 1 unspecified atom stereocenters. The van der Waals surface area contributed by atoms with Gasteiger partial charge in [-0.15, -0.1) is 0 Å². The first-order valence-electron chi connectivity index (χ1n) is 5.37. The second-order valence-corrected chi connectivity index (χ2v) is 5.41. The first-order chi connectivity index (χ1) is 7.30. The predicted octanol–water partition coefficient (Wildman–Crippen LogP) is 3.04. The van der Waals surface area contributed by atoms with Crippen molar-refractivity contribution >= 4 is 17.2 Å². The molecule has 1 rings (SSSR count). The van der Waals surface area contributed by atoms with Crippen molar-refractivity contribution < 1.29 is 4.74 Å². The lowest BCUT2D eigenvalue weighted by Gasteiger charge is -2.20. The summed E-state index contributed by atoms with van der Waals surface area (Å²) in [6.07, 6.45) is -0.231. The summed E-state index contributed by atoms with van der Waals surface area (Å²) in [4.78, 5) is 0.376. The first-order valence-corrected chi connectivity index (χ1v) is 5.78. The van der Waals surface area contributed by atoms with Crippen LogP contribution in [0.4, 0.5) is 0 Å². The molecular weight excluding hydrogens is 218 g/mol. The van der Waals surface area contributed by atoms with Gasteiger partial charge in [-0.1, -0.05) is 45.1 Å². The van der Waals surface area contributed by atoms with Crippen molar-refractivity contribution in [3.8, 4) is 5.75 Å². The Morgan fingerprint density at radius 1 is 1.38 bits per heavy atom. The molecule has 0 bridgehead atoms. The third-order valence-corrected chi connectivity index (χ3v) is 2.75. The van der Waals surface area contributed by atoms with Crippen molar-refractivity contribution in [2.75, 3.05) is 0 Å². The fourth-order valence-electron chi connectivity index (χ4n) is 1.30. The van der Waals surface area contributed by atoms with E-state index < -0.39 is 0 Å². The van der Waals surface area contributed by atoms with Gasteiger partial charge < -0.3 is 10.5 Å². The molecule has 0 spiro atoms. The topological polar surface area (TPSA) is 35.2 Å². The molecule has 16 heavy (non-hydrogen) atoms. The maximum absolute atomic E-state index is 5.65. The zero-order valence-corrected chi connectivity index (χ0v) is 11.1. The molecule has 0 fully saturated rings. The van der Waals surface area contributed by atoms with Crippen molar-refractivity contribution in [1.29, 1.82) is 0 Å². The molecule has 1 aromatic rings. The smallest absolute Gasteiger partial charge is 0.145 e. The molecule has 1 atom stereocenters. The van der Waals surface area contributed by atoms with Crippen molar-refractivity contribution in [1.82, 2.24) is 0 Å². The SMILES string of the molecule is CC(Oc1cccc(C(C)(C)C)c1)C(N)=S. The minimum atomic E-state index is -0.231. The molecule has 0 saturated carbocycles. The number of hydrogen-bond acceptors (Lipinski definition) is 2. The number of ether oxygens (including phenoxy) is 1. The molecular formula is C13H19NOS. The molecule has 88 valence electrons. The van der Waals surface area contributed by atoms with E-state index in [1.807, 2.05) is 25.1 Å². The number of nitrogens with two attached hydrogens (primary N) is 1. The third-order valence-electron chi connectivity index (χ3n) is 2.41. The second kappa shape index (κ2) is 4.83. The molecule has 0 amide bonds. The van der Waals surface area contributed by atoms with Crippen LogP contribution < -0.4 is 10.5 Å². The van der Waals surface area contributed by atoms with Gasteiger partial charge in [-0.05, 0) is 30.0 Å². The van der Waals surface area contributed by atoms with Crippen LogP contribution in [-0.2, 0) is 5.41 Å². The Morgan fingerprint density at radius 2 is 2.00 bits per heavy atom. The summed E-state index contributed by atoms with van der Waals surface area (Å²) in [5.74, 6) is 0.813. The first kappa shape index (κ1) is 13.0. The molecule has 0 aliphatic heterocycles. The third kappa shape index (κ3) is 3.49. The predicted molar refractivity (Wildman–Crippen MR) is 72.0 cm³/mol. The number of hydrogen-bond donors (Lipinski definition) is 1. The summed E-state index contributed by atoms with van der Waals surface area (Å²) < 4.78 is 5.65. The quantitative estimate of drug-likeness (QED) is 0.821. The summed E-state index contributed by atoms with van der Waals surface area (Å²) in [5, 5.41) is 0. The molecule has 2 N–H and O–H groups in total. The fourth-order valence-corrected chi connectivity index (χ4v) is 1.35. The van der Waals surface area contributed by atoms with Gasteiger partial charge >= 0.3 is 0 Å². The van der Waals surface area contributed by atoms with E-state index in [4.69, 9.17) is 22.7 Å². The summed E-state index contributed by atoms with van der Waals surface area (Å²) in [6.45, 7) is 8.36. The number of rotatable bonds is 3. The lowest BCUT2D eigenvalue weighted by atomic mass is 9.87. The van der Waals surface area contributed by atoms with Gasteiger partial charge in [-0.25, -0.2) is 0 Å². The number of thiocarbonyl (C=S) groups is 1. The van der Waals surface area contributed by atoms with E-state index in [2.05, 4.69) is 26.8 Å². The maximum atomic E-state index is 5.65. The molecule has 0 aromatic heterocycles. The van der Waals surface area contributed by atoms with Crippen molar-refractivity contribution in [2.45, 2.75) is 39.2 Å². The Bertz CT molecular complexity index is 382. The van der Waals surface area contributed by atoms with Crippen LogP contribution in [0.3, 0.4) is 0 Å². The summed E-state index contributed by atoms with van der Waals surface area (Å²) in [7, 11) is 0. The Balaban J connectivity index is 2.87. The van der Waals surface area contributed by atoms with Crippen LogP contribution in [-0.4, -0.2) is 11.1 Å². The fraction of sp³-hybridized carbons (Fsp3) is 0.462.